The molecule has 92 valence electrons. The molecule has 1 aromatic carbocycles. The summed E-state index contributed by atoms with van der Waals surface area (Å²) in [7, 11) is 0. The van der Waals surface area contributed by atoms with E-state index in [0.717, 1.165) is 0 Å². The molecular weight excluding hydrogens is 311 g/mol. The van der Waals surface area contributed by atoms with Crippen LogP contribution in [-0.2, 0) is 6.18 Å². The second-order valence-electron chi connectivity index (χ2n) is 2.91. The van der Waals surface area contributed by atoms with Crippen molar-refractivity contribution in [2.75, 3.05) is 0 Å². The third-order valence-electron chi connectivity index (χ3n) is 1.80. The molecule has 0 aliphatic heterocycles. The van der Waals surface area contributed by atoms with E-state index in [1.54, 1.807) is 0 Å². The van der Waals surface area contributed by atoms with Crippen molar-refractivity contribution in [3.63, 3.8) is 0 Å². The Labute approximate surface area is 100 Å². The molecule has 1 rings (SSSR count). The van der Waals surface area contributed by atoms with Gasteiger partial charge in [0.15, 0.2) is 0 Å². The third kappa shape index (κ3) is 2.73. The first kappa shape index (κ1) is 13.4. The lowest BCUT2D eigenvalue weighted by atomic mass is 10.1. The first-order valence-electron chi connectivity index (χ1n) is 3.93. The van der Waals surface area contributed by atoms with Crippen LogP contribution in [0.2, 0.25) is 0 Å². The van der Waals surface area contributed by atoms with Crippen LogP contribution >= 0.6 is 15.9 Å². The van der Waals surface area contributed by atoms with Gasteiger partial charge in [0.25, 0.3) is 5.69 Å². The minimum absolute atomic E-state index is 0.274. The van der Waals surface area contributed by atoms with E-state index in [1.807, 2.05) is 0 Å². The molecule has 0 radical (unpaired) electrons. The number of carboxylic acids is 1. The highest BCUT2D eigenvalue weighted by Gasteiger charge is 2.37. The van der Waals surface area contributed by atoms with Gasteiger partial charge in [0.1, 0.15) is 0 Å². The summed E-state index contributed by atoms with van der Waals surface area (Å²) >= 11 is 2.48. The van der Waals surface area contributed by atoms with Crippen LogP contribution in [0.15, 0.2) is 16.6 Å². The van der Waals surface area contributed by atoms with Crippen molar-refractivity contribution in [2.45, 2.75) is 6.18 Å². The van der Waals surface area contributed by atoms with Gasteiger partial charge in [0, 0.05) is 16.6 Å². The number of halogens is 4. The first-order chi connectivity index (χ1) is 7.64. The summed E-state index contributed by atoms with van der Waals surface area (Å²) in [5.74, 6) is -1.69. The van der Waals surface area contributed by atoms with Gasteiger partial charge in [-0.15, -0.1) is 0 Å². The summed E-state index contributed by atoms with van der Waals surface area (Å²) in [6.07, 6.45) is -4.88. The SMILES string of the molecule is O=C(O)c1cc([N+](=O)[O-])cc(C(F)(F)F)c1Br. The quantitative estimate of drug-likeness (QED) is 0.672. The molecule has 0 atom stereocenters. The average Bonchev–Trinajstić information content (AvgIpc) is 2.15. The van der Waals surface area contributed by atoms with Crippen molar-refractivity contribution >= 4 is 27.6 Å². The Balaban J connectivity index is 3.60. The molecule has 1 aromatic rings. The van der Waals surface area contributed by atoms with Gasteiger partial charge < -0.3 is 5.11 Å². The van der Waals surface area contributed by atoms with Crippen LogP contribution in [0, 0.1) is 10.1 Å². The zero-order valence-electron chi connectivity index (χ0n) is 7.79. The summed E-state index contributed by atoms with van der Waals surface area (Å²) in [6.45, 7) is 0. The molecule has 0 heterocycles. The fraction of sp³-hybridized carbons (Fsp3) is 0.125. The topological polar surface area (TPSA) is 80.4 Å². The zero-order valence-corrected chi connectivity index (χ0v) is 9.37. The Morgan fingerprint density at radius 3 is 2.29 bits per heavy atom. The predicted molar refractivity (Wildman–Crippen MR) is 52.8 cm³/mol. The van der Waals surface area contributed by atoms with Crippen molar-refractivity contribution < 1.29 is 28.0 Å². The van der Waals surface area contributed by atoms with E-state index in [4.69, 9.17) is 5.11 Å². The number of benzene rings is 1. The van der Waals surface area contributed by atoms with Crippen LogP contribution in [0.5, 0.6) is 0 Å². The Kier molecular flexibility index (Phi) is 3.41. The van der Waals surface area contributed by atoms with Crippen LogP contribution in [0.3, 0.4) is 0 Å². The summed E-state index contributed by atoms with van der Waals surface area (Å²) < 4.78 is 36.7. The fourth-order valence-electron chi connectivity index (χ4n) is 1.08. The maximum Gasteiger partial charge on any atom is 0.417 e. The molecule has 0 aromatic heterocycles. The lowest BCUT2D eigenvalue weighted by molar-refractivity contribution is -0.385. The molecule has 17 heavy (non-hydrogen) atoms. The molecule has 0 bridgehead atoms. The number of alkyl halides is 3. The molecule has 0 spiro atoms. The number of hydrogen-bond donors (Lipinski definition) is 1. The van der Waals surface area contributed by atoms with Crippen molar-refractivity contribution in [1.82, 2.24) is 0 Å². The minimum Gasteiger partial charge on any atom is -0.478 e. The number of hydrogen-bond acceptors (Lipinski definition) is 3. The second kappa shape index (κ2) is 4.32. The number of rotatable bonds is 2. The van der Waals surface area contributed by atoms with Crippen LogP contribution < -0.4 is 0 Å². The van der Waals surface area contributed by atoms with Crippen molar-refractivity contribution in [1.29, 1.82) is 0 Å². The Morgan fingerprint density at radius 2 is 1.94 bits per heavy atom. The van der Waals surface area contributed by atoms with E-state index in [-0.39, 0.29) is 6.07 Å². The Morgan fingerprint density at radius 1 is 1.41 bits per heavy atom. The second-order valence-corrected chi connectivity index (χ2v) is 3.71. The van der Waals surface area contributed by atoms with Gasteiger partial charge >= 0.3 is 12.1 Å². The molecule has 0 aliphatic carbocycles. The first-order valence-corrected chi connectivity index (χ1v) is 4.72. The van der Waals surface area contributed by atoms with E-state index in [9.17, 15) is 28.1 Å². The highest BCUT2D eigenvalue weighted by atomic mass is 79.9. The number of nitrogens with zero attached hydrogens (tertiary/aromatic N) is 1. The van der Waals surface area contributed by atoms with Gasteiger partial charge in [-0.05, 0) is 15.9 Å². The van der Waals surface area contributed by atoms with E-state index in [0.29, 0.717) is 6.07 Å². The molecule has 1 N–H and O–H groups in total. The Hall–Kier alpha value is -1.64. The van der Waals surface area contributed by atoms with Gasteiger partial charge in [0.05, 0.1) is 16.1 Å². The van der Waals surface area contributed by atoms with Gasteiger partial charge in [-0.3, -0.25) is 10.1 Å². The molecule has 0 fully saturated rings. The van der Waals surface area contributed by atoms with E-state index < -0.39 is 38.4 Å². The lowest BCUT2D eigenvalue weighted by Crippen LogP contribution is -2.11. The highest BCUT2D eigenvalue weighted by Crippen LogP contribution is 2.39. The van der Waals surface area contributed by atoms with Crippen molar-refractivity contribution in [3.8, 4) is 0 Å². The maximum absolute atomic E-state index is 12.5. The predicted octanol–water partition coefficient (Wildman–Crippen LogP) is 3.07. The molecule has 9 heteroatoms. The van der Waals surface area contributed by atoms with Gasteiger partial charge in [0.2, 0.25) is 0 Å². The molecule has 0 aliphatic rings. The van der Waals surface area contributed by atoms with Gasteiger partial charge in [-0.2, -0.15) is 13.2 Å². The summed E-state index contributed by atoms with van der Waals surface area (Å²) in [5, 5.41) is 19.0. The van der Waals surface area contributed by atoms with Gasteiger partial charge in [-0.25, -0.2) is 4.79 Å². The van der Waals surface area contributed by atoms with Crippen LogP contribution in [-0.4, -0.2) is 16.0 Å². The monoisotopic (exact) mass is 313 g/mol. The number of aromatic carboxylic acids is 1. The Bertz CT molecular complexity index is 500. The molecule has 0 unspecified atom stereocenters. The number of carboxylic acid groups (broad SMARTS) is 1. The van der Waals surface area contributed by atoms with Crippen LogP contribution in [0.4, 0.5) is 18.9 Å². The molecule has 0 saturated heterocycles. The van der Waals surface area contributed by atoms with Gasteiger partial charge in [-0.1, -0.05) is 0 Å². The number of carbonyl (C=O) groups is 1. The smallest absolute Gasteiger partial charge is 0.417 e. The molecule has 0 amide bonds. The minimum atomic E-state index is -4.88. The average molecular weight is 314 g/mol. The van der Waals surface area contributed by atoms with Crippen LogP contribution in [0.25, 0.3) is 0 Å². The van der Waals surface area contributed by atoms with Crippen molar-refractivity contribution in [2.24, 2.45) is 0 Å². The standard InChI is InChI=1S/C8H3BrF3NO4/c9-6-4(7(14)15)1-3(13(16)17)2-5(6)8(10,11)12/h1-2H,(H,14,15). The normalized spacial score (nSPS) is 11.3. The maximum atomic E-state index is 12.5. The molecule has 5 nitrogen and oxygen atoms in total. The van der Waals surface area contributed by atoms with E-state index in [2.05, 4.69) is 15.9 Å². The number of non-ortho nitro benzene ring substituents is 1. The summed E-state index contributed by atoms with van der Waals surface area (Å²) in [6, 6.07) is 0.832. The highest BCUT2D eigenvalue weighted by molar-refractivity contribution is 9.10. The molecule has 0 saturated carbocycles. The zero-order chi connectivity index (χ0) is 13.4. The fourth-order valence-corrected chi connectivity index (χ4v) is 1.70. The summed E-state index contributed by atoms with van der Waals surface area (Å²) in [5.41, 5.74) is -3.14. The largest absolute Gasteiger partial charge is 0.478 e. The van der Waals surface area contributed by atoms with E-state index >= 15 is 0 Å². The van der Waals surface area contributed by atoms with Crippen LogP contribution in [0.1, 0.15) is 15.9 Å². The van der Waals surface area contributed by atoms with Crippen molar-refractivity contribution in [3.05, 3.63) is 37.8 Å². The lowest BCUT2D eigenvalue weighted by Gasteiger charge is -2.10. The van der Waals surface area contributed by atoms with E-state index in [1.165, 1.54) is 0 Å². The number of nitro groups is 1. The number of nitro benzene ring substituents is 1. The summed E-state index contributed by atoms with van der Waals surface area (Å²) in [4.78, 5) is 20.0. The third-order valence-corrected chi connectivity index (χ3v) is 2.66. The molecular formula is C8H3BrF3NO4.